The second-order valence-corrected chi connectivity index (χ2v) is 6.69. The standard InChI is InChI=1S/C15H31N3S/c1-13-6-8-14(9-7-13)12-18-15(16-2)17-10-4-5-11-19-3/h13-14H,4-12H2,1-3H3,(H2,16,17,18). The van der Waals surface area contributed by atoms with E-state index in [1.54, 1.807) is 0 Å². The molecule has 2 N–H and O–H groups in total. The van der Waals surface area contributed by atoms with E-state index in [-0.39, 0.29) is 0 Å². The van der Waals surface area contributed by atoms with Crippen LogP contribution in [0.15, 0.2) is 4.99 Å². The molecule has 0 amide bonds. The third-order valence-corrected chi connectivity index (χ3v) is 4.68. The van der Waals surface area contributed by atoms with Gasteiger partial charge in [-0.2, -0.15) is 11.8 Å². The first-order valence-corrected chi connectivity index (χ1v) is 9.09. The van der Waals surface area contributed by atoms with E-state index in [9.17, 15) is 0 Å². The first kappa shape index (κ1) is 16.7. The fourth-order valence-corrected chi connectivity index (χ4v) is 3.07. The summed E-state index contributed by atoms with van der Waals surface area (Å²) in [7, 11) is 1.86. The largest absolute Gasteiger partial charge is 0.356 e. The number of aliphatic imine (C=N–C) groups is 1. The predicted molar refractivity (Wildman–Crippen MR) is 88.1 cm³/mol. The van der Waals surface area contributed by atoms with Gasteiger partial charge < -0.3 is 10.6 Å². The highest BCUT2D eigenvalue weighted by atomic mass is 32.2. The average Bonchev–Trinajstić information content (AvgIpc) is 2.44. The zero-order valence-corrected chi connectivity index (χ0v) is 13.7. The van der Waals surface area contributed by atoms with E-state index >= 15 is 0 Å². The molecule has 0 aromatic rings. The van der Waals surface area contributed by atoms with Crippen LogP contribution in [0.5, 0.6) is 0 Å². The molecule has 1 aliphatic rings. The lowest BCUT2D eigenvalue weighted by Gasteiger charge is -2.26. The Morgan fingerprint density at radius 1 is 1.16 bits per heavy atom. The van der Waals surface area contributed by atoms with Crippen molar-refractivity contribution in [3.8, 4) is 0 Å². The van der Waals surface area contributed by atoms with Crippen LogP contribution in [-0.4, -0.2) is 38.1 Å². The second kappa shape index (κ2) is 10.4. The molecule has 112 valence electrons. The summed E-state index contributed by atoms with van der Waals surface area (Å²) in [5.41, 5.74) is 0. The molecule has 4 heteroatoms. The number of thioether (sulfide) groups is 1. The smallest absolute Gasteiger partial charge is 0.190 e. The van der Waals surface area contributed by atoms with Crippen LogP contribution >= 0.6 is 11.8 Å². The van der Waals surface area contributed by atoms with Crippen LogP contribution in [-0.2, 0) is 0 Å². The minimum absolute atomic E-state index is 0.839. The summed E-state index contributed by atoms with van der Waals surface area (Å²) in [6, 6.07) is 0. The zero-order valence-electron chi connectivity index (χ0n) is 12.9. The van der Waals surface area contributed by atoms with Gasteiger partial charge in [0.05, 0.1) is 0 Å². The number of unbranched alkanes of at least 4 members (excludes halogenated alkanes) is 1. The number of hydrogen-bond donors (Lipinski definition) is 2. The van der Waals surface area contributed by atoms with Gasteiger partial charge in [0.1, 0.15) is 0 Å². The number of hydrogen-bond acceptors (Lipinski definition) is 2. The lowest BCUT2D eigenvalue weighted by Crippen LogP contribution is -2.40. The van der Waals surface area contributed by atoms with Crippen molar-refractivity contribution >= 4 is 17.7 Å². The highest BCUT2D eigenvalue weighted by Crippen LogP contribution is 2.27. The fraction of sp³-hybridized carbons (Fsp3) is 0.933. The Balaban J connectivity index is 2.08. The van der Waals surface area contributed by atoms with Crippen molar-refractivity contribution < 1.29 is 0 Å². The molecule has 1 saturated carbocycles. The average molecular weight is 286 g/mol. The second-order valence-electron chi connectivity index (χ2n) is 5.71. The van der Waals surface area contributed by atoms with E-state index in [0.717, 1.165) is 30.9 Å². The molecule has 1 rings (SSSR count). The minimum atomic E-state index is 0.839. The summed E-state index contributed by atoms with van der Waals surface area (Å²) in [6.07, 6.45) is 10.2. The van der Waals surface area contributed by atoms with E-state index in [4.69, 9.17) is 0 Å². The van der Waals surface area contributed by atoms with Crippen LogP contribution in [0.3, 0.4) is 0 Å². The van der Waals surface area contributed by atoms with Gasteiger partial charge in [0.2, 0.25) is 0 Å². The summed E-state index contributed by atoms with van der Waals surface area (Å²) in [5, 5.41) is 6.88. The predicted octanol–water partition coefficient (Wildman–Crippen LogP) is 3.12. The first-order valence-electron chi connectivity index (χ1n) is 7.69. The Bertz CT molecular complexity index is 248. The molecule has 0 aliphatic heterocycles. The molecule has 3 nitrogen and oxygen atoms in total. The van der Waals surface area contributed by atoms with Crippen LogP contribution in [0.4, 0.5) is 0 Å². The van der Waals surface area contributed by atoms with Crippen molar-refractivity contribution in [1.82, 2.24) is 10.6 Å². The number of guanidine groups is 1. The van der Waals surface area contributed by atoms with Gasteiger partial charge in [-0.1, -0.05) is 19.8 Å². The molecule has 0 spiro atoms. The maximum absolute atomic E-state index is 4.29. The van der Waals surface area contributed by atoms with Crippen molar-refractivity contribution in [3.05, 3.63) is 0 Å². The van der Waals surface area contributed by atoms with Gasteiger partial charge in [-0.15, -0.1) is 0 Å². The molecule has 0 heterocycles. The molecule has 0 radical (unpaired) electrons. The van der Waals surface area contributed by atoms with Crippen LogP contribution in [0, 0.1) is 11.8 Å². The van der Waals surface area contributed by atoms with E-state index in [1.165, 1.54) is 44.3 Å². The molecule has 0 unspecified atom stereocenters. The maximum Gasteiger partial charge on any atom is 0.190 e. The van der Waals surface area contributed by atoms with Crippen LogP contribution in [0.2, 0.25) is 0 Å². The Labute approximate surface area is 123 Å². The number of nitrogens with one attached hydrogen (secondary N) is 2. The topological polar surface area (TPSA) is 36.4 Å². The fourth-order valence-electron chi connectivity index (χ4n) is 2.57. The van der Waals surface area contributed by atoms with Crippen molar-refractivity contribution in [2.24, 2.45) is 16.8 Å². The molecular weight excluding hydrogens is 254 g/mol. The summed E-state index contributed by atoms with van der Waals surface area (Å²) < 4.78 is 0. The summed E-state index contributed by atoms with van der Waals surface area (Å²) in [5.74, 6) is 4.01. The van der Waals surface area contributed by atoms with Gasteiger partial charge >= 0.3 is 0 Å². The number of rotatable bonds is 7. The maximum atomic E-state index is 4.29. The lowest BCUT2D eigenvalue weighted by molar-refractivity contribution is 0.289. The van der Waals surface area contributed by atoms with Crippen molar-refractivity contribution in [1.29, 1.82) is 0 Å². The van der Waals surface area contributed by atoms with Gasteiger partial charge in [-0.05, 0) is 49.5 Å². The molecule has 0 atom stereocenters. The Hall–Kier alpha value is -0.380. The summed E-state index contributed by atoms with van der Waals surface area (Å²) in [4.78, 5) is 4.29. The highest BCUT2D eigenvalue weighted by Gasteiger charge is 2.18. The molecular formula is C15H31N3S. The zero-order chi connectivity index (χ0) is 13.9. The van der Waals surface area contributed by atoms with Gasteiger partial charge in [0.25, 0.3) is 0 Å². The third-order valence-electron chi connectivity index (χ3n) is 3.98. The number of nitrogens with zero attached hydrogens (tertiary/aromatic N) is 1. The highest BCUT2D eigenvalue weighted by molar-refractivity contribution is 7.98. The molecule has 19 heavy (non-hydrogen) atoms. The SMILES string of the molecule is CN=C(NCCCCSC)NCC1CCC(C)CC1. The lowest BCUT2D eigenvalue weighted by atomic mass is 9.83. The van der Waals surface area contributed by atoms with Crippen LogP contribution < -0.4 is 10.6 Å². The Kier molecular flexibility index (Phi) is 9.14. The molecule has 0 aromatic heterocycles. The van der Waals surface area contributed by atoms with Gasteiger partial charge in [0, 0.05) is 20.1 Å². The Morgan fingerprint density at radius 2 is 1.89 bits per heavy atom. The minimum Gasteiger partial charge on any atom is -0.356 e. The van der Waals surface area contributed by atoms with Crippen molar-refractivity contribution in [2.45, 2.75) is 45.4 Å². The van der Waals surface area contributed by atoms with Crippen LogP contribution in [0.1, 0.15) is 45.4 Å². The molecule has 1 fully saturated rings. The molecule has 1 aliphatic carbocycles. The Morgan fingerprint density at radius 3 is 2.53 bits per heavy atom. The molecule has 0 saturated heterocycles. The molecule has 0 bridgehead atoms. The van der Waals surface area contributed by atoms with E-state index < -0.39 is 0 Å². The summed E-state index contributed by atoms with van der Waals surface area (Å²) in [6.45, 7) is 4.48. The quantitative estimate of drug-likeness (QED) is 0.429. The molecule has 0 aromatic carbocycles. The van der Waals surface area contributed by atoms with Gasteiger partial charge in [-0.3, -0.25) is 4.99 Å². The van der Waals surface area contributed by atoms with Crippen molar-refractivity contribution in [2.75, 3.05) is 32.1 Å². The third kappa shape index (κ3) is 7.71. The van der Waals surface area contributed by atoms with Gasteiger partial charge in [0.15, 0.2) is 5.96 Å². The van der Waals surface area contributed by atoms with E-state index in [0.29, 0.717) is 0 Å². The monoisotopic (exact) mass is 285 g/mol. The van der Waals surface area contributed by atoms with Crippen molar-refractivity contribution in [3.63, 3.8) is 0 Å². The summed E-state index contributed by atoms with van der Waals surface area (Å²) >= 11 is 1.92. The first-order chi connectivity index (χ1) is 9.26. The van der Waals surface area contributed by atoms with Gasteiger partial charge in [-0.25, -0.2) is 0 Å². The van der Waals surface area contributed by atoms with Crippen LogP contribution in [0.25, 0.3) is 0 Å². The van der Waals surface area contributed by atoms with E-state index in [2.05, 4.69) is 28.8 Å². The van der Waals surface area contributed by atoms with E-state index in [1.807, 2.05) is 18.8 Å². The normalized spacial score (nSPS) is 24.3.